The van der Waals surface area contributed by atoms with Crippen molar-refractivity contribution in [3.63, 3.8) is 0 Å². The molecule has 0 saturated heterocycles. The van der Waals surface area contributed by atoms with Gasteiger partial charge in [0.2, 0.25) is 5.91 Å². The lowest BCUT2D eigenvalue weighted by molar-refractivity contribution is -0.116. The van der Waals surface area contributed by atoms with Crippen molar-refractivity contribution in [1.82, 2.24) is 14.8 Å². The first-order chi connectivity index (χ1) is 14.7. The van der Waals surface area contributed by atoms with E-state index in [9.17, 15) is 18.4 Å². The van der Waals surface area contributed by atoms with Crippen LogP contribution in [0.5, 0.6) is 0 Å². The molecule has 7 nitrogen and oxygen atoms in total. The number of thiophene rings is 2. The maximum atomic E-state index is 13.5. The van der Waals surface area contributed by atoms with Crippen molar-refractivity contribution in [3.05, 3.63) is 50.5 Å². The van der Waals surface area contributed by atoms with Gasteiger partial charge in [-0.1, -0.05) is 0 Å². The van der Waals surface area contributed by atoms with Gasteiger partial charge >= 0.3 is 0 Å². The van der Waals surface area contributed by atoms with Crippen LogP contribution < -0.4 is 11.1 Å². The maximum absolute atomic E-state index is 13.5. The lowest BCUT2D eigenvalue weighted by atomic mass is 10.1. The number of rotatable bonds is 6. The number of carbonyl (C=O) groups excluding carboxylic acids is 2. The Labute approximate surface area is 191 Å². The number of hydrogen-bond acceptors (Lipinski definition) is 6. The molecule has 0 aromatic carbocycles. The van der Waals surface area contributed by atoms with E-state index in [-0.39, 0.29) is 21.9 Å². The summed E-state index contributed by atoms with van der Waals surface area (Å²) in [6.07, 6.45) is 0.366. The van der Waals surface area contributed by atoms with E-state index in [1.54, 1.807) is 12.3 Å². The molecule has 0 bridgehead atoms. The van der Waals surface area contributed by atoms with Crippen LogP contribution in [0.4, 0.5) is 14.5 Å². The Bertz CT molecular complexity index is 1310. The Morgan fingerprint density at radius 1 is 1.32 bits per heavy atom. The fraction of sp³-hybridized carbons (Fsp3) is 0.158. The van der Waals surface area contributed by atoms with E-state index in [1.807, 2.05) is 13.0 Å². The molecule has 0 saturated carbocycles. The molecule has 31 heavy (non-hydrogen) atoms. The number of halogens is 3. The summed E-state index contributed by atoms with van der Waals surface area (Å²) >= 11 is 5.54. The van der Waals surface area contributed by atoms with Gasteiger partial charge in [-0.2, -0.15) is 5.10 Å². The molecule has 2 amide bonds. The van der Waals surface area contributed by atoms with Gasteiger partial charge in [-0.3, -0.25) is 14.3 Å². The number of alkyl halides is 2. The Morgan fingerprint density at radius 2 is 2.10 bits per heavy atom. The first-order valence-corrected chi connectivity index (χ1v) is 11.3. The summed E-state index contributed by atoms with van der Waals surface area (Å²) in [7, 11) is 0. The van der Waals surface area contributed by atoms with Crippen LogP contribution in [0.1, 0.15) is 26.7 Å². The minimum atomic E-state index is -2.79. The first kappa shape index (κ1) is 21.5. The maximum Gasteiger partial charge on any atom is 0.280 e. The zero-order valence-corrected chi connectivity index (χ0v) is 19.1. The highest BCUT2D eigenvalue weighted by Crippen LogP contribution is 2.44. The second-order valence-corrected chi connectivity index (χ2v) is 9.76. The van der Waals surface area contributed by atoms with Crippen LogP contribution in [0.15, 0.2) is 35.1 Å². The molecule has 4 aromatic rings. The monoisotopic (exact) mass is 525 g/mol. The highest BCUT2D eigenvalue weighted by atomic mass is 79.9. The van der Waals surface area contributed by atoms with Gasteiger partial charge in [0.25, 0.3) is 12.3 Å². The highest BCUT2D eigenvalue weighted by molar-refractivity contribution is 9.10. The largest absolute Gasteiger partial charge is 0.365 e. The van der Waals surface area contributed by atoms with E-state index in [1.165, 1.54) is 28.3 Å². The lowest BCUT2D eigenvalue weighted by Gasteiger charge is -2.10. The Balaban J connectivity index is 1.87. The smallest absolute Gasteiger partial charge is 0.280 e. The predicted molar refractivity (Wildman–Crippen MR) is 120 cm³/mol. The van der Waals surface area contributed by atoms with Crippen LogP contribution in [0.2, 0.25) is 0 Å². The van der Waals surface area contributed by atoms with Gasteiger partial charge in [-0.15, -0.1) is 22.7 Å². The van der Waals surface area contributed by atoms with Crippen molar-refractivity contribution >= 4 is 66.3 Å². The number of aryl methyl sites for hydroxylation is 1. The van der Waals surface area contributed by atoms with E-state index >= 15 is 0 Å². The van der Waals surface area contributed by atoms with Crippen LogP contribution in [-0.2, 0) is 11.3 Å². The van der Waals surface area contributed by atoms with E-state index < -0.39 is 23.9 Å². The number of pyridine rings is 1. The molecule has 4 heterocycles. The zero-order valence-electron chi connectivity index (χ0n) is 15.9. The number of anilines is 1. The van der Waals surface area contributed by atoms with Crippen molar-refractivity contribution in [2.24, 2.45) is 5.73 Å². The minimum absolute atomic E-state index is 0.0402. The van der Waals surface area contributed by atoms with E-state index in [0.29, 0.717) is 20.3 Å². The molecule has 12 heteroatoms. The summed E-state index contributed by atoms with van der Waals surface area (Å²) < 4.78 is 29.1. The summed E-state index contributed by atoms with van der Waals surface area (Å²) in [6.45, 7) is 1.78. The fourth-order valence-electron chi connectivity index (χ4n) is 3.05. The van der Waals surface area contributed by atoms with E-state index in [4.69, 9.17) is 5.73 Å². The number of fused-ring (bicyclic) bond motifs is 1. The van der Waals surface area contributed by atoms with Crippen molar-refractivity contribution in [1.29, 1.82) is 0 Å². The fourth-order valence-corrected chi connectivity index (χ4v) is 5.28. The Kier molecular flexibility index (Phi) is 5.86. The SMILES string of the molecule is Cc1ccc(-c2cc(C(F)F)nc3sc(C(N)=O)c(NC(=O)Cn4cc(Br)cn4)c23)s1. The third-order valence-electron chi connectivity index (χ3n) is 4.31. The lowest BCUT2D eigenvalue weighted by Crippen LogP contribution is -2.21. The average Bonchev–Trinajstić information content (AvgIpc) is 3.40. The van der Waals surface area contributed by atoms with Gasteiger partial charge in [0.15, 0.2) is 0 Å². The van der Waals surface area contributed by atoms with Crippen LogP contribution >= 0.6 is 38.6 Å². The molecule has 0 atom stereocenters. The number of nitrogens with two attached hydrogens (primary N) is 1. The number of nitrogens with zero attached hydrogens (tertiary/aromatic N) is 3. The molecule has 4 aromatic heterocycles. The van der Waals surface area contributed by atoms with Crippen molar-refractivity contribution in [2.75, 3.05) is 5.32 Å². The van der Waals surface area contributed by atoms with Crippen LogP contribution in [0.25, 0.3) is 20.7 Å². The van der Waals surface area contributed by atoms with Gasteiger partial charge in [0, 0.05) is 26.9 Å². The van der Waals surface area contributed by atoms with Crippen molar-refractivity contribution in [3.8, 4) is 10.4 Å². The summed E-state index contributed by atoms with van der Waals surface area (Å²) in [5.74, 6) is -1.24. The number of hydrogen-bond donors (Lipinski definition) is 2. The number of primary amides is 1. The number of amides is 2. The molecule has 3 N–H and O–H groups in total. The van der Waals surface area contributed by atoms with Crippen LogP contribution in [0, 0.1) is 6.92 Å². The van der Waals surface area contributed by atoms with E-state index in [0.717, 1.165) is 16.2 Å². The quantitative estimate of drug-likeness (QED) is 0.371. The standard InChI is InChI=1S/C19H14BrF2N5O2S2/c1-8-2-3-12(30-8)10-4-11(17(21)22)25-19-14(10)15(16(31-19)18(23)29)26-13(28)7-27-6-9(20)5-24-27/h2-6,17H,7H2,1H3,(H2,23,29)(H,26,28). The van der Waals surface area contributed by atoms with Gasteiger partial charge in [0.05, 0.1) is 16.4 Å². The summed E-state index contributed by atoms with van der Waals surface area (Å²) in [5, 5.41) is 7.14. The van der Waals surface area contributed by atoms with Gasteiger partial charge < -0.3 is 11.1 Å². The van der Waals surface area contributed by atoms with Gasteiger partial charge in [-0.05, 0) is 41.1 Å². The Hall–Kier alpha value is -2.70. The number of nitrogens with one attached hydrogen (secondary N) is 1. The zero-order chi connectivity index (χ0) is 22.3. The summed E-state index contributed by atoms with van der Waals surface area (Å²) in [4.78, 5) is 30.7. The molecular formula is C19H14BrF2N5O2S2. The topological polar surface area (TPSA) is 103 Å². The molecule has 0 aliphatic heterocycles. The van der Waals surface area contributed by atoms with Crippen molar-refractivity contribution < 1.29 is 18.4 Å². The summed E-state index contributed by atoms with van der Waals surface area (Å²) in [6, 6.07) is 4.96. The van der Waals surface area contributed by atoms with E-state index in [2.05, 4.69) is 31.3 Å². The third-order valence-corrected chi connectivity index (χ3v) is 6.85. The highest BCUT2D eigenvalue weighted by Gasteiger charge is 2.25. The molecule has 4 rings (SSSR count). The second kappa shape index (κ2) is 8.44. The molecule has 0 aliphatic rings. The molecule has 0 aliphatic carbocycles. The molecule has 0 unspecified atom stereocenters. The molecule has 160 valence electrons. The predicted octanol–water partition coefficient (Wildman–Crippen LogP) is 4.97. The normalized spacial score (nSPS) is 11.4. The number of aromatic nitrogens is 3. The minimum Gasteiger partial charge on any atom is -0.365 e. The first-order valence-electron chi connectivity index (χ1n) is 8.83. The molecule has 0 spiro atoms. The van der Waals surface area contributed by atoms with Crippen LogP contribution in [0.3, 0.4) is 0 Å². The van der Waals surface area contributed by atoms with Crippen LogP contribution in [-0.4, -0.2) is 26.6 Å². The average molecular weight is 526 g/mol. The number of carbonyl (C=O) groups is 2. The van der Waals surface area contributed by atoms with Gasteiger partial charge in [0.1, 0.15) is 21.9 Å². The molecule has 0 fully saturated rings. The molecule has 0 radical (unpaired) electrons. The summed E-state index contributed by atoms with van der Waals surface area (Å²) in [5.41, 5.74) is 5.73. The van der Waals surface area contributed by atoms with Gasteiger partial charge in [-0.25, -0.2) is 13.8 Å². The van der Waals surface area contributed by atoms with Crippen molar-refractivity contribution in [2.45, 2.75) is 19.9 Å². The third kappa shape index (κ3) is 4.36. The molecular weight excluding hydrogens is 512 g/mol. The Morgan fingerprint density at radius 3 is 2.68 bits per heavy atom. The second-order valence-electron chi connectivity index (χ2n) is 6.56.